The van der Waals surface area contributed by atoms with Crippen LogP contribution in [0.25, 0.3) is 0 Å². The van der Waals surface area contributed by atoms with Crippen LogP contribution in [0.2, 0.25) is 0 Å². The fraction of sp³-hybridized carbons (Fsp3) is 0.947. The van der Waals surface area contributed by atoms with Crippen LogP contribution in [0, 0.1) is 23.7 Å². The molecule has 5 saturated heterocycles. The van der Waals surface area contributed by atoms with Gasteiger partial charge in [0, 0.05) is 31.4 Å². The Bertz CT molecular complexity index is 1320. The van der Waals surface area contributed by atoms with Crippen molar-refractivity contribution in [1.29, 1.82) is 0 Å². The number of esters is 1. The maximum absolute atomic E-state index is 14.4. The summed E-state index contributed by atoms with van der Waals surface area (Å²) < 4.78 is 56.5. The Morgan fingerprint density at radius 1 is 0.943 bits per heavy atom. The largest absolute Gasteiger partial charge is 0.509 e. The first kappa shape index (κ1) is 42.5. The van der Waals surface area contributed by atoms with Crippen molar-refractivity contribution in [2.24, 2.45) is 23.7 Å². The first-order chi connectivity index (χ1) is 24.5. The highest BCUT2D eigenvalue weighted by atomic mass is 16.8. The van der Waals surface area contributed by atoms with Crippen molar-refractivity contribution in [1.82, 2.24) is 4.90 Å². The van der Waals surface area contributed by atoms with E-state index in [1.165, 1.54) is 7.11 Å². The third kappa shape index (κ3) is 7.61. The molecule has 3 N–H and O–H groups in total. The summed E-state index contributed by atoms with van der Waals surface area (Å²) in [6.45, 7) is 17.9. The van der Waals surface area contributed by atoms with E-state index >= 15 is 0 Å². The van der Waals surface area contributed by atoms with E-state index in [0.717, 1.165) is 0 Å². The second-order valence-corrected chi connectivity index (χ2v) is 17.3. The molecule has 0 saturated carbocycles. The number of likely N-dealkylation sites (N-methyl/N-ethyl adjacent to an activating group) is 1. The van der Waals surface area contributed by atoms with Gasteiger partial charge in [-0.2, -0.15) is 0 Å². The third-order valence-electron chi connectivity index (χ3n) is 13.1. The zero-order chi connectivity index (χ0) is 39.6. The molecule has 2 bridgehead atoms. The van der Waals surface area contributed by atoms with Gasteiger partial charge in [-0.3, -0.25) is 4.79 Å². The minimum atomic E-state index is -1.86. The number of methoxy groups -OCH3 is 1. The van der Waals surface area contributed by atoms with E-state index in [0.29, 0.717) is 6.42 Å². The van der Waals surface area contributed by atoms with Crippen LogP contribution in [0.4, 0.5) is 4.79 Å². The van der Waals surface area contributed by atoms with Crippen molar-refractivity contribution in [2.45, 2.75) is 185 Å². The van der Waals surface area contributed by atoms with Crippen LogP contribution in [0.3, 0.4) is 0 Å². The van der Waals surface area contributed by atoms with E-state index in [1.54, 1.807) is 34.6 Å². The van der Waals surface area contributed by atoms with Gasteiger partial charge in [0.15, 0.2) is 30.1 Å². The highest BCUT2D eigenvalue weighted by Gasteiger charge is 2.67. The normalized spacial score (nSPS) is 52.4. The van der Waals surface area contributed by atoms with Gasteiger partial charge in [0.25, 0.3) is 0 Å². The van der Waals surface area contributed by atoms with E-state index in [4.69, 9.17) is 42.6 Å². The lowest BCUT2D eigenvalue weighted by atomic mass is 9.75. The molecule has 0 aliphatic carbocycles. The van der Waals surface area contributed by atoms with Crippen molar-refractivity contribution in [3.05, 3.63) is 0 Å². The molecule has 0 aromatic rings. The Hall–Kier alpha value is -1.66. The summed E-state index contributed by atoms with van der Waals surface area (Å²) in [6, 6.07) is -0.279. The minimum absolute atomic E-state index is 0.144. The highest BCUT2D eigenvalue weighted by molar-refractivity contribution is 5.73. The van der Waals surface area contributed by atoms with Crippen molar-refractivity contribution >= 4 is 12.1 Å². The van der Waals surface area contributed by atoms with Gasteiger partial charge in [0.05, 0.1) is 47.5 Å². The third-order valence-corrected chi connectivity index (χ3v) is 13.1. The van der Waals surface area contributed by atoms with Gasteiger partial charge in [0.2, 0.25) is 0 Å². The number of hydrogen-bond donors (Lipinski definition) is 3. The lowest BCUT2D eigenvalue weighted by Crippen LogP contribution is -2.60. The molecule has 5 aliphatic heterocycles. The van der Waals surface area contributed by atoms with Gasteiger partial charge < -0.3 is 62.9 Å². The van der Waals surface area contributed by atoms with Gasteiger partial charge in [0.1, 0.15) is 18.3 Å². The SMILES string of the molecule is CCC1OC(=O)C(C)C(OC2CC(C)(OC)C(O)C(C)O2)C(C)C(OC2OC(C)CC(N(C)C)C2O)C2(C)CC(C)C(O)(O2)C(C)C2OC(=O)OC12C. The van der Waals surface area contributed by atoms with Gasteiger partial charge >= 0.3 is 12.1 Å². The molecule has 53 heavy (non-hydrogen) atoms. The van der Waals surface area contributed by atoms with Crippen LogP contribution < -0.4 is 0 Å². The molecule has 5 aliphatic rings. The molecule has 0 aromatic carbocycles. The summed E-state index contributed by atoms with van der Waals surface area (Å²) in [5.41, 5.74) is -3.75. The zero-order valence-electron chi connectivity index (χ0n) is 33.8. The topological polar surface area (TPSA) is 181 Å². The standard InChI is InChI=1S/C38H65NO14/c1-14-25-37(10)31(51-34(43)52-37)22(6)38(44)18(2)16-36(9,53-38)30(50-33-27(40)24(39(11)12)15-19(3)46-33)20(4)28(21(5)32(42)48-25)49-26-17-35(8,45-13)29(41)23(7)47-26/h18-31,33,40-41,44H,14-17H2,1-13H3. The molecule has 306 valence electrons. The number of hydrogen-bond acceptors (Lipinski definition) is 15. The maximum atomic E-state index is 14.4. The van der Waals surface area contributed by atoms with Crippen LogP contribution in [0.1, 0.15) is 94.9 Å². The zero-order valence-corrected chi connectivity index (χ0v) is 33.8. The molecule has 5 rings (SSSR count). The Morgan fingerprint density at radius 3 is 2.21 bits per heavy atom. The van der Waals surface area contributed by atoms with Crippen LogP contribution in [0.15, 0.2) is 0 Å². The van der Waals surface area contributed by atoms with Crippen molar-refractivity contribution in [2.75, 3.05) is 21.2 Å². The van der Waals surface area contributed by atoms with Crippen LogP contribution in [-0.2, 0) is 47.4 Å². The van der Waals surface area contributed by atoms with Crippen molar-refractivity contribution < 1.29 is 67.5 Å². The van der Waals surface area contributed by atoms with Crippen LogP contribution in [0.5, 0.6) is 0 Å². The van der Waals surface area contributed by atoms with Gasteiger partial charge in [-0.15, -0.1) is 0 Å². The molecule has 0 radical (unpaired) electrons. The van der Waals surface area contributed by atoms with Crippen molar-refractivity contribution in [3.63, 3.8) is 0 Å². The molecule has 5 fully saturated rings. The summed E-state index contributed by atoms with van der Waals surface area (Å²) in [5.74, 6) is -5.51. The molecule has 15 nitrogen and oxygen atoms in total. The lowest BCUT2D eigenvalue weighted by molar-refractivity contribution is -0.337. The Kier molecular flexibility index (Phi) is 12.3. The number of rotatable bonds is 7. The average molecular weight is 760 g/mol. The number of carbonyl (C=O) groups excluding carboxylic acids is 2. The fourth-order valence-corrected chi connectivity index (χ4v) is 9.78. The summed E-state index contributed by atoms with van der Waals surface area (Å²) in [4.78, 5) is 29.1. The number of aliphatic hydroxyl groups is 3. The van der Waals surface area contributed by atoms with E-state index in [-0.39, 0.29) is 31.4 Å². The predicted octanol–water partition coefficient (Wildman–Crippen LogP) is 3.13. The molecular formula is C38H65NO14. The predicted molar refractivity (Wildman–Crippen MR) is 188 cm³/mol. The quantitative estimate of drug-likeness (QED) is 0.322. The summed E-state index contributed by atoms with van der Waals surface area (Å²) in [6.07, 6.45) is -8.56. The first-order valence-electron chi connectivity index (χ1n) is 19.3. The summed E-state index contributed by atoms with van der Waals surface area (Å²) in [5, 5.41) is 35.2. The number of aliphatic hydroxyl groups excluding tert-OH is 2. The maximum Gasteiger partial charge on any atom is 0.509 e. The molecule has 5 heterocycles. The minimum Gasteiger partial charge on any atom is -0.458 e. The fourth-order valence-electron chi connectivity index (χ4n) is 9.78. The Labute approximate surface area is 314 Å². The number of nitrogens with zero attached hydrogens (tertiary/aromatic N) is 1. The number of fused-ring (bicyclic) bond motifs is 3. The molecule has 19 unspecified atom stereocenters. The van der Waals surface area contributed by atoms with Gasteiger partial charge in [-0.1, -0.05) is 27.7 Å². The molecule has 0 spiro atoms. The average Bonchev–Trinajstić information content (AvgIpc) is 3.53. The Morgan fingerprint density at radius 2 is 1.60 bits per heavy atom. The highest BCUT2D eigenvalue weighted by Crippen LogP contribution is 2.53. The second kappa shape index (κ2) is 15.4. The van der Waals surface area contributed by atoms with E-state index in [1.807, 2.05) is 53.6 Å². The summed E-state index contributed by atoms with van der Waals surface area (Å²) >= 11 is 0. The van der Waals surface area contributed by atoms with E-state index < -0.39 is 114 Å². The second-order valence-electron chi connectivity index (χ2n) is 17.3. The van der Waals surface area contributed by atoms with Crippen LogP contribution >= 0.6 is 0 Å². The van der Waals surface area contributed by atoms with Crippen molar-refractivity contribution in [3.8, 4) is 0 Å². The first-order valence-corrected chi connectivity index (χ1v) is 19.3. The van der Waals surface area contributed by atoms with E-state index in [2.05, 4.69) is 0 Å². The number of carbonyl (C=O) groups is 2. The molecular weight excluding hydrogens is 694 g/mol. The molecule has 19 atom stereocenters. The number of cyclic esters (lactones) is 1. The van der Waals surface area contributed by atoms with E-state index in [9.17, 15) is 24.9 Å². The summed E-state index contributed by atoms with van der Waals surface area (Å²) in [7, 11) is 5.29. The van der Waals surface area contributed by atoms with Gasteiger partial charge in [-0.25, -0.2) is 4.79 Å². The van der Waals surface area contributed by atoms with Gasteiger partial charge in [-0.05, 0) is 74.9 Å². The molecule has 0 amide bonds. The molecule has 0 aromatic heterocycles. The number of ether oxygens (including phenoxy) is 9. The monoisotopic (exact) mass is 759 g/mol. The van der Waals surface area contributed by atoms with Crippen LogP contribution in [-0.4, -0.2) is 144 Å². The smallest absolute Gasteiger partial charge is 0.458 e. The molecule has 15 heteroatoms. The Balaban J connectivity index is 1.64. The lowest BCUT2D eigenvalue weighted by Gasteiger charge is -2.49.